The van der Waals surface area contributed by atoms with Crippen LogP contribution in [0.2, 0.25) is 0 Å². The van der Waals surface area contributed by atoms with Crippen LogP contribution in [0.5, 0.6) is 0 Å². The quantitative estimate of drug-likeness (QED) is 0.512. The van der Waals surface area contributed by atoms with Gasteiger partial charge in [-0.3, -0.25) is 25.7 Å². The third-order valence-corrected chi connectivity index (χ3v) is 3.09. The summed E-state index contributed by atoms with van der Waals surface area (Å²) in [6.45, 7) is 0. The van der Waals surface area contributed by atoms with E-state index >= 15 is 0 Å². The molecule has 0 aliphatic carbocycles. The van der Waals surface area contributed by atoms with Crippen molar-refractivity contribution >= 4 is 34.1 Å². The minimum Gasteiger partial charge on any atom is -0.261 e. The average Bonchev–Trinajstić information content (AvgIpc) is 2.88. The molecule has 2 heterocycles. The lowest BCUT2D eigenvalue weighted by Crippen LogP contribution is -1.94. The van der Waals surface area contributed by atoms with Crippen LogP contribution in [0, 0.1) is 20.2 Å². The van der Waals surface area contributed by atoms with Gasteiger partial charge < -0.3 is 0 Å². The fraction of sp³-hybridized carbons (Fsp3) is 0. The zero-order valence-corrected chi connectivity index (χ0v) is 10.6. The number of anilines is 1. The van der Waals surface area contributed by atoms with Gasteiger partial charge in [-0.2, -0.15) is 5.10 Å². The van der Waals surface area contributed by atoms with Crippen LogP contribution in [-0.4, -0.2) is 21.0 Å². The number of rotatable bonds is 5. The first-order valence-corrected chi connectivity index (χ1v) is 6.01. The Kier molecular flexibility index (Phi) is 3.96. The van der Waals surface area contributed by atoms with Crippen LogP contribution < -0.4 is 5.43 Å². The summed E-state index contributed by atoms with van der Waals surface area (Å²) in [7, 11) is 0. The second kappa shape index (κ2) is 5.84. The third-order valence-electron chi connectivity index (χ3n) is 2.12. The van der Waals surface area contributed by atoms with Crippen LogP contribution in [-0.2, 0) is 0 Å². The minimum atomic E-state index is -0.551. The first-order valence-electron chi connectivity index (χ1n) is 5.20. The SMILES string of the molecule is O=[N+]([O-])c1ccc(N/N=C/c2ccc([N+](=O)[O-])s2)nc1. The van der Waals surface area contributed by atoms with Gasteiger partial charge in [-0.05, 0) is 12.1 Å². The van der Waals surface area contributed by atoms with E-state index in [1.165, 1.54) is 24.4 Å². The molecule has 2 rings (SSSR count). The first kappa shape index (κ1) is 13.5. The van der Waals surface area contributed by atoms with Crippen LogP contribution in [0.15, 0.2) is 35.6 Å². The summed E-state index contributed by atoms with van der Waals surface area (Å²) in [6.07, 6.45) is 2.51. The Morgan fingerprint density at radius 1 is 1.20 bits per heavy atom. The summed E-state index contributed by atoms with van der Waals surface area (Å²) in [6, 6.07) is 5.65. The predicted octanol–water partition coefficient (Wildman–Crippen LogP) is 2.41. The van der Waals surface area contributed by atoms with Crippen molar-refractivity contribution in [3.05, 3.63) is 55.6 Å². The average molecular weight is 293 g/mol. The third kappa shape index (κ3) is 3.32. The molecule has 0 saturated carbocycles. The Balaban J connectivity index is 1.98. The van der Waals surface area contributed by atoms with Crippen LogP contribution in [0.4, 0.5) is 16.5 Å². The molecule has 2 aromatic heterocycles. The highest BCUT2D eigenvalue weighted by Crippen LogP contribution is 2.22. The minimum absolute atomic E-state index is 0.0277. The number of pyridine rings is 1. The summed E-state index contributed by atoms with van der Waals surface area (Å²) in [4.78, 5) is 24.3. The lowest BCUT2D eigenvalue weighted by molar-refractivity contribution is -0.385. The summed E-state index contributed by atoms with van der Waals surface area (Å²) >= 11 is 0.984. The molecular formula is C10H7N5O4S. The Labute approximate surface area is 115 Å². The number of nitro groups is 2. The van der Waals surface area contributed by atoms with Gasteiger partial charge in [0.2, 0.25) is 0 Å². The van der Waals surface area contributed by atoms with Gasteiger partial charge in [0.05, 0.1) is 20.9 Å². The van der Waals surface area contributed by atoms with Crippen molar-refractivity contribution in [3.63, 3.8) is 0 Å². The van der Waals surface area contributed by atoms with Crippen molar-refractivity contribution in [2.75, 3.05) is 5.43 Å². The van der Waals surface area contributed by atoms with Crippen molar-refractivity contribution < 1.29 is 9.85 Å². The Morgan fingerprint density at radius 3 is 2.55 bits per heavy atom. The van der Waals surface area contributed by atoms with E-state index < -0.39 is 9.85 Å². The Hall–Kier alpha value is -2.88. The topological polar surface area (TPSA) is 124 Å². The number of hydrogen-bond donors (Lipinski definition) is 1. The molecule has 9 nitrogen and oxygen atoms in total. The number of nitrogens with one attached hydrogen (secondary N) is 1. The summed E-state index contributed by atoms with van der Waals surface area (Å²) < 4.78 is 0. The second-order valence-corrected chi connectivity index (χ2v) is 4.56. The van der Waals surface area contributed by atoms with Gasteiger partial charge in [0, 0.05) is 12.1 Å². The van der Waals surface area contributed by atoms with E-state index in [0.717, 1.165) is 17.5 Å². The van der Waals surface area contributed by atoms with Crippen molar-refractivity contribution in [1.82, 2.24) is 4.98 Å². The molecule has 0 fully saturated rings. The van der Waals surface area contributed by atoms with E-state index in [-0.39, 0.29) is 10.7 Å². The van der Waals surface area contributed by atoms with Gasteiger partial charge in [-0.15, -0.1) is 0 Å². The van der Waals surface area contributed by atoms with Gasteiger partial charge in [0.15, 0.2) is 0 Å². The van der Waals surface area contributed by atoms with Crippen LogP contribution in [0.25, 0.3) is 0 Å². The molecule has 0 bridgehead atoms. The molecule has 0 atom stereocenters. The fourth-order valence-corrected chi connectivity index (χ4v) is 1.93. The molecule has 10 heteroatoms. The van der Waals surface area contributed by atoms with E-state index in [2.05, 4.69) is 15.5 Å². The smallest absolute Gasteiger partial charge is 0.261 e. The van der Waals surface area contributed by atoms with Crippen molar-refractivity contribution in [2.45, 2.75) is 0 Å². The number of aromatic nitrogens is 1. The maximum atomic E-state index is 10.5. The number of thiophene rings is 1. The number of hydrogen-bond acceptors (Lipinski definition) is 8. The fourth-order valence-electron chi connectivity index (χ4n) is 1.23. The normalized spacial score (nSPS) is 10.6. The molecular weight excluding hydrogens is 286 g/mol. The van der Waals surface area contributed by atoms with Gasteiger partial charge in [0.1, 0.15) is 12.0 Å². The standard InChI is InChI=1S/C10H7N5O4S/c16-14(17)7-1-3-9(11-5-7)13-12-6-8-2-4-10(20-8)15(18)19/h1-6H,(H,11,13)/b12-6+. The van der Waals surface area contributed by atoms with Gasteiger partial charge in [-0.25, -0.2) is 4.98 Å². The molecule has 0 aromatic carbocycles. The Morgan fingerprint density at radius 2 is 2.00 bits per heavy atom. The van der Waals surface area contributed by atoms with Gasteiger partial charge >= 0.3 is 5.00 Å². The predicted molar refractivity (Wildman–Crippen MR) is 73.1 cm³/mol. The molecule has 0 radical (unpaired) electrons. The zero-order chi connectivity index (χ0) is 14.5. The first-order chi connectivity index (χ1) is 9.56. The number of hydrazone groups is 1. The van der Waals surface area contributed by atoms with E-state index in [9.17, 15) is 20.2 Å². The molecule has 0 unspecified atom stereocenters. The molecule has 0 spiro atoms. The van der Waals surface area contributed by atoms with Crippen molar-refractivity contribution in [3.8, 4) is 0 Å². The van der Waals surface area contributed by atoms with Crippen LogP contribution >= 0.6 is 11.3 Å². The molecule has 0 aliphatic heterocycles. The maximum absolute atomic E-state index is 10.5. The lowest BCUT2D eigenvalue weighted by atomic mass is 10.4. The molecule has 0 amide bonds. The number of nitrogens with zero attached hydrogens (tertiary/aromatic N) is 4. The van der Waals surface area contributed by atoms with E-state index in [1.807, 2.05) is 0 Å². The van der Waals surface area contributed by atoms with Crippen molar-refractivity contribution in [1.29, 1.82) is 0 Å². The lowest BCUT2D eigenvalue weighted by Gasteiger charge is -1.97. The summed E-state index contributed by atoms with van der Waals surface area (Å²) in [5, 5.41) is 24.8. The molecule has 2 aromatic rings. The zero-order valence-electron chi connectivity index (χ0n) is 9.79. The second-order valence-electron chi connectivity index (χ2n) is 3.46. The van der Waals surface area contributed by atoms with E-state index in [0.29, 0.717) is 10.7 Å². The van der Waals surface area contributed by atoms with E-state index in [1.54, 1.807) is 6.07 Å². The monoisotopic (exact) mass is 293 g/mol. The summed E-state index contributed by atoms with van der Waals surface area (Å²) in [5.74, 6) is 0.331. The maximum Gasteiger partial charge on any atom is 0.324 e. The van der Waals surface area contributed by atoms with Crippen LogP contribution in [0.3, 0.4) is 0 Å². The highest BCUT2D eigenvalue weighted by molar-refractivity contribution is 7.16. The summed E-state index contributed by atoms with van der Waals surface area (Å²) in [5.41, 5.74) is 2.45. The van der Waals surface area contributed by atoms with Gasteiger partial charge in [-0.1, -0.05) is 11.3 Å². The van der Waals surface area contributed by atoms with Gasteiger partial charge in [0.25, 0.3) is 5.69 Å². The largest absolute Gasteiger partial charge is 0.324 e. The highest BCUT2D eigenvalue weighted by Gasteiger charge is 2.08. The Bertz CT molecular complexity index is 667. The highest BCUT2D eigenvalue weighted by atomic mass is 32.1. The molecule has 20 heavy (non-hydrogen) atoms. The molecule has 1 N–H and O–H groups in total. The molecule has 0 aliphatic rings. The van der Waals surface area contributed by atoms with Crippen LogP contribution in [0.1, 0.15) is 4.88 Å². The van der Waals surface area contributed by atoms with E-state index in [4.69, 9.17) is 0 Å². The molecule has 102 valence electrons. The van der Waals surface area contributed by atoms with Crippen molar-refractivity contribution in [2.24, 2.45) is 5.10 Å². The molecule has 0 saturated heterocycles.